The van der Waals surface area contributed by atoms with Crippen LogP contribution in [-0.4, -0.2) is 33.3 Å². The van der Waals surface area contributed by atoms with Crippen LogP contribution in [0.1, 0.15) is 69.4 Å². The number of nitrogens with one attached hydrogen (secondary N) is 1. The zero-order chi connectivity index (χ0) is 16.9. The molecule has 1 aliphatic carbocycles. The van der Waals surface area contributed by atoms with Crippen molar-refractivity contribution in [3.8, 4) is 0 Å². The number of hydrogen-bond acceptors (Lipinski definition) is 3. The van der Waals surface area contributed by atoms with Gasteiger partial charge in [-0.25, -0.2) is 9.07 Å². The predicted molar refractivity (Wildman–Crippen MR) is 90.2 cm³/mol. The lowest BCUT2D eigenvalue weighted by atomic mass is 9.95. The fourth-order valence-corrected chi connectivity index (χ4v) is 3.86. The molecule has 0 aliphatic heterocycles. The smallest absolute Gasteiger partial charge is 0.214 e. The van der Waals surface area contributed by atoms with Crippen molar-refractivity contribution in [3.05, 3.63) is 41.5 Å². The molecule has 1 aromatic heterocycles. The molecule has 1 fully saturated rings. The van der Waals surface area contributed by atoms with Gasteiger partial charge in [-0.2, -0.15) is 0 Å². The van der Waals surface area contributed by atoms with Gasteiger partial charge in [0, 0.05) is 5.56 Å². The second-order valence-electron chi connectivity index (χ2n) is 6.62. The summed E-state index contributed by atoms with van der Waals surface area (Å²) in [5, 5.41) is 12.7. The van der Waals surface area contributed by atoms with Crippen LogP contribution >= 0.6 is 0 Å². The molecule has 1 atom stereocenters. The topological polar surface area (TPSA) is 48.0 Å². The number of tetrazole rings is 1. The summed E-state index contributed by atoms with van der Waals surface area (Å²) in [4.78, 5) is 1.38. The van der Waals surface area contributed by atoms with Crippen LogP contribution in [0.2, 0.25) is 0 Å². The Balaban J connectivity index is 1.99. The molecule has 5 nitrogen and oxygen atoms in total. The van der Waals surface area contributed by atoms with Gasteiger partial charge in [0.2, 0.25) is 5.82 Å². The second-order valence-corrected chi connectivity index (χ2v) is 6.62. The monoisotopic (exact) mass is 332 g/mol. The number of benzene rings is 1. The largest absolute Gasteiger partial charge is 0.323 e. The van der Waals surface area contributed by atoms with Crippen LogP contribution in [0.3, 0.4) is 0 Å². The molecule has 0 radical (unpaired) electrons. The molecule has 0 amide bonds. The molecule has 0 saturated heterocycles. The van der Waals surface area contributed by atoms with Crippen LogP contribution < -0.4 is 4.90 Å². The van der Waals surface area contributed by atoms with Crippen LogP contribution in [0.4, 0.5) is 4.39 Å². The molecule has 130 valence electrons. The maximum absolute atomic E-state index is 13.4. The Morgan fingerprint density at radius 2 is 1.79 bits per heavy atom. The Morgan fingerprint density at radius 1 is 1.12 bits per heavy atom. The highest BCUT2D eigenvalue weighted by atomic mass is 19.1. The molecule has 0 unspecified atom stereocenters. The first-order valence-corrected chi connectivity index (χ1v) is 9.12. The maximum atomic E-state index is 13.4. The molecule has 1 saturated carbocycles. The molecule has 6 heteroatoms. The minimum Gasteiger partial charge on any atom is -0.323 e. The van der Waals surface area contributed by atoms with E-state index in [4.69, 9.17) is 0 Å². The molecule has 3 rings (SSSR count). The summed E-state index contributed by atoms with van der Waals surface area (Å²) >= 11 is 0. The highest BCUT2D eigenvalue weighted by Crippen LogP contribution is 2.30. The zero-order valence-corrected chi connectivity index (χ0v) is 14.6. The maximum Gasteiger partial charge on any atom is 0.214 e. The van der Waals surface area contributed by atoms with E-state index < -0.39 is 0 Å². The molecular formula is C18H27FN5+. The predicted octanol–water partition coefficient (Wildman–Crippen LogP) is 2.33. The molecule has 1 aliphatic rings. The van der Waals surface area contributed by atoms with Crippen molar-refractivity contribution in [1.82, 2.24) is 20.2 Å². The minimum absolute atomic E-state index is 0.0394. The van der Waals surface area contributed by atoms with Gasteiger partial charge in [0.1, 0.15) is 5.82 Å². The van der Waals surface area contributed by atoms with Gasteiger partial charge in [-0.1, -0.05) is 19.3 Å². The summed E-state index contributed by atoms with van der Waals surface area (Å²) in [6.45, 7) is 6.28. The van der Waals surface area contributed by atoms with Crippen molar-refractivity contribution in [2.45, 2.75) is 58.0 Å². The first-order valence-electron chi connectivity index (χ1n) is 9.12. The Bertz CT molecular complexity index is 629. The van der Waals surface area contributed by atoms with E-state index in [1.54, 1.807) is 0 Å². The number of aromatic nitrogens is 4. The Labute approximate surface area is 142 Å². The number of hydrogen-bond donors (Lipinski definition) is 1. The van der Waals surface area contributed by atoms with Crippen LogP contribution in [0.5, 0.6) is 0 Å². The number of rotatable bonds is 6. The van der Waals surface area contributed by atoms with Crippen molar-refractivity contribution >= 4 is 0 Å². The van der Waals surface area contributed by atoms with Crippen LogP contribution in [0.15, 0.2) is 24.3 Å². The van der Waals surface area contributed by atoms with Gasteiger partial charge >= 0.3 is 0 Å². The summed E-state index contributed by atoms with van der Waals surface area (Å²) < 4.78 is 15.4. The second kappa shape index (κ2) is 7.83. The van der Waals surface area contributed by atoms with Crippen molar-refractivity contribution in [2.24, 2.45) is 0 Å². The third-order valence-corrected chi connectivity index (χ3v) is 5.22. The Morgan fingerprint density at radius 3 is 2.42 bits per heavy atom. The average Bonchev–Trinajstić information content (AvgIpc) is 3.10. The van der Waals surface area contributed by atoms with E-state index in [2.05, 4.69) is 29.4 Å². The number of nitrogens with zero attached hydrogens (tertiary/aromatic N) is 4. The molecule has 1 heterocycles. The van der Waals surface area contributed by atoms with Gasteiger partial charge in [0.15, 0.2) is 6.04 Å². The fourth-order valence-electron chi connectivity index (χ4n) is 3.86. The molecular weight excluding hydrogens is 305 g/mol. The molecule has 1 N–H and O–H groups in total. The summed E-state index contributed by atoms with van der Waals surface area (Å²) in [5.41, 5.74) is 1.07. The lowest BCUT2D eigenvalue weighted by Crippen LogP contribution is -3.12. The SMILES string of the molecule is CC[NH+](CC)[C@@H](c1ccc(F)cc1)c1nnnn1C1CCCCC1. The quantitative estimate of drug-likeness (QED) is 0.883. The van der Waals surface area contributed by atoms with Crippen molar-refractivity contribution < 1.29 is 9.29 Å². The van der Waals surface area contributed by atoms with Gasteiger partial charge in [0.05, 0.1) is 19.1 Å². The van der Waals surface area contributed by atoms with E-state index in [9.17, 15) is 4.39 Å². The lowest BCUT2D eigenvalue weighted by molar-refractivity contribution is -0.923. The number of halogens is 1. The van der Waals surface area contributed by atoms with Crippen molar-refractivity contribution in [2.75, 3.05) is 13.1 Å². The fraction of sp³-hybridized carbons (Fsp3) is 0.611. The van der Waals surface area contributed by atoms with Crippen molar-refractivity contribution in [3.63, 3.8) is 0 Å². The van der Waals surface area contributed by atoms with E-state index in [0.717, 1.165) is 37.3 Å². The zero-order valence-electron chi connectivity index (χ0n) is 14.6. The van der Waals surface area contributed by atoms with Gasteiger partial charge in [-0.05, 0) is 61.4 Å². The standard InChI is InChI=1S/C18H26FN5/c1-3-23(4-2)17(14-10-12-15(19)13-11-14)18-20-21-22-24(18)16-8-6-5-7-9-16/h10-13,16-17H,3-9H2,1-2H3/p+1/t17-/m0/s1. The first kappa shape index (κ1) is 17.0. The summed E-state index contributed by atoms with van der Waals surface area (Å²) in [7, 11) is 0. The van der Waals surface area contributed by atoms with Gasteiger partial charge < -0.3 is 4.90 Å². The van der Waals surface area contributed by atoms with Crippen LogP contribution in [0, 0.1) is 5.82 Å². The third-order valence-electron chi connectivity index (χ3n) is 5.22. The normalized spacial score (nSPS) is 17.3. The summed E-state index contributed by atoms with van der Waals surface area (Å²) in [6.07, 6.45) is 6.06. The summed E-state index contributed by atoms with van der Waals surface area (Å²) in [5.74, 6) is 0.700. The van der Waals surface area contributed by atoms with E-state index in [1.165, 1.54) is 36.3 Å². The summed E-state index contributed by atoms with van der Waals surface area (Å²) in [6, 6.07) is 7.22. The van der Waals surface area contributed by atoms with Gasteiger partial charge in [-0.15, -0.1) is 5.10 Å². The van der Waals surface area contributed by atoms with Gasteiger partial charge in [-0.3, -0.25) is 0 Å². The molecule has 24 heavy (non-hydrogen) atoms. The van der Waals surface area contributed by atoms with E-state index in [1.807, 2.05) is 16.8 Å². The molecule has 0 spiro atoms. The Kier molecular flexibility index (Phi) is 5.56. The molecule has 0 bridgehead atoms. The first-order chi connectivity index (χ1) is 11.7. The lowest BCUT2D eigenvalue weighted by Gasteiger charge is -2.29. The van der Waals surface area contributed by atoms with Crippen LogP contribution in [0.25, 0.3) is 0 Å². The third kappa shape index (κ3) is 3.48. The van der Waals surface area contributed by atoms with E-state index in [-0.39, 0.29) is 11.9 Å². The minimum atomic E-state index is -0.209. The Hall–Kier alpha value is -1.82. The van der Waals surface area contributed by atoms with Crippen molar-refractivity contribution in [1.29, 1.82) is 0 Å². The highest BCUT2D eigenvalue weighted by Gasteiger charge is 2.32. The van der Waals surface area contributed by atoms with E-state index in [0.29, 0.717) is 6.04 Å². The van der Waals surface area contributed by atoms with E-state index >= 15 is 0 Å². The average molecular weight is 332 g/mol. The molecule has 1 aromatic carbocycles. The number of quaternary nitrogens is 1. The highest BCUT2D eigenvalue weighted by molar-refractivity contribution is 5.23. The van der Waals surface area contributed by atoms with Gasteiger partial charge in [0.25, 0.3) is 0 Å². The molecule has 2 aromatic rings. The van der Waals surface area contributed by atoms with Crippen LogP contribution in [-0.2, 0) is 0 Å².